The highest BCUT2D eigenvalue weighted by atomic mass is 16.5. The molecule has 1 fully saturated rings. The van der Waals surface area contributed by atoms with Crippen LogP contribution in [0, 0.1) is 11.8 Å². The fraction of sp³-hybridized carbons (Fsp3) is 0.640. The molecule has 1 aliphatic heterocycles. The van der Waals surface area contributed by atoms with Gasteiger partial charge in [0.1, 0.15) is 12.4 Å². The molecule has 1 heterocycles. The number of nitrogens with zero attached hydrogens (tertiary/aromatic N) is 2. The molecule has 8 nitrogen and oxygen atoms in total. The first kappa shape index (κ1) is 25.0. The smallest absolute Gasteiger partial charge is 0.257 e. The van der Waals surface area contributed by atoms with Gasteiger partial charge in [-0.2, -0.15) is 0 Å². The Morgan fingerprint density at radius 3 is 2.58 bits per heavy atom. The highest BCUT2D eigenvalue weighted by molar-refractivity contribution is 5.99. The van der Waals surface area contributed by atoms with Crippen molar-refractivity contribution in [3.8, 4) is 5.75 Å². The molecule has 1 saturated carbocycles. The van der Waals surface area contributed by atoms with E-state index < -0.39 is 0 Å². The van der Waals surface area contributed by atoms with Crippen molar-refractivity contribution >= 4 is 23.4 Å². The maximum atomic E-state index is 13.3. The van der Waals surface area contributed by atoms with Crippen LogP contribution in [0.25, 0.3) is 0 Å². The van der Waals surface area contributed by atoms with Gasteiger partial charge in [0.2, 0.25) is 11.8 Å². The quantitative estimate of drug-likeness (QED) is 0.731. The van der Waals surface area contributed by atoms with E-state index in [4.69, 9.17) is 9.47 Å². The number of nitrogens with one attached hydrogen (secondary N) is 1. The highest BCUT2D eigenvalue weighted by Gasteiger charge is 2.33. The third kappa shape index (κ3) is 6.47. The number of amides is 3. The predicted molar refractivity (Wildman–Crippen MR) is 126 cm³/mol. The summed E-state index contributed by atoms with van der Waals surface area (Å²) >= 11 is 0. The minimum absolute atomic E-state index is 0.0323. The monoisotopic (exact) mass is 459 g/mol. The van der Waals surface area contributed by atoms with Gasteiger partial charge >= 0.3 is 0 Å². The first-order valence-corrected chi connectivity index (χ1v) is 11.9. The van der Waals surface area contributed by atoms with Crippen molar-refractivity contribution in [3.05, 3.63) is 23.8 Å². The molecule has 3 rings (SSSR count). The first-order chi connectivity index (χ1) is 15.7. The van der Waals surface area contributed by atoms with Gasteiger partial charge in [0, 0.05) is 51.7 Å². The zero-order valence-electron chi connectivity index (χ0n) is 20.4. The Bertz CT molecular complexity index is 870. The van der Waals surface area contributed by atoms with Crippen LogP contribution in [0.2, 0.25) is 0 Å². The lowest BCUT2D eigenvalue weighted by molar-refractivity contribution is -0.135. The summed E-state index contributed by atoms with van der Waals surface area (Å²) in [7, 11) is 3.37. The normalized spacial score (nSPS) is 24.3. The van der Waals surface area contributed by atoms with Crippen molar-refractivity contribution < 1.29 is 23.9 Å². The topological polar surface area (TPSA) is 88.2 Å². The fourth-order valence-electron chi connectivity index (χ4n) is 4.14. The number of hydrogen-bond acceptors (Lipinski definition) is 5. The molecule has 182 valence electrons. The summed E-state index contributed by atoms with van der Waals surface area (Å²) in [6.07, 6.45) is 2.94. The van der Waals surface area contributed by atoms with E-state index in [9.17, 15) is 14.4 Å². The van der Waals surface area contributed by atoms with E-state index in [1.807, 2.05) is 11.8 Å². The van der Waals surface area contributed by atoms with Crippen molar-refractivity contribution in [1.29, 1.82) is 0 Å². The molecule has 8 heteroatoms. The summed E-state index contributed by atoms with van der Waals surface area (Å²) < 4.78 is 11.8. The minimum Gasteiger partial charge on any atom is -0.491 e. The van der Waals surface area contributed by atoms with E-state index >= 15 is 0 Å². The van der Waals surface area contributed by atoms with Crippen LogP contribution in [0.4, 0.5) is 5.69 Å². The number of fused-ring (bicyclic) bond motifs is 1. The second-order valence-electron chi connectivity index (χ2n) is 9.40. The molecule has 0 aromatic heterocycles. The second kappa shape index (κ2) is 11.0. The van der Waals surface area contributed by atoms with Crippen LogP contribution in [0.15, 0.2) is 18.2 Å². The van der Waals surface area contributed by atoms with E-state index in [2.05, 4.69) is 12.2 Å². The molecule has 1 N–H and O–H groups in total. The number of methoxy groups -OCH3 is 1. The lowest BCUT2D eigenvalue weighted by atomic mass is 10.0. The van der Waals surface area contributed by atoms with Crippen LogP contribution >= 0.6 is 0 Å². The van der Waals surface area contributed by atoms with Gasteiger partial charge in [-0.3, -0.25) is 14.4 Å². The highest BCUT2D eigenvalue weighted by Crippen LogP contribution is 2.33. The van der Waals surface area contributed by atoms with Crippen LogP contribution in [-0.2, 0) is 14.3 Å². The molecular weight excluding hydrogens is 422 g/mol. The van der Waals surface area contributed by atoms with Gasteiger partial charge in [0.15, 0.2) is 0 Å². The Kier molecular flexibility index (Phi) is 8.35. The molecule has 1 aliphatic carbocycles. The summed E-state index contributed by atoms with van der Waals surface area (Å²) in [5.74, 6) is 0.782. The van der Waals surface area contributed by atoms with Gasteiger partial charge in [-0.25, -0.2) is 0 Å². The minimum atomic E-state index is -0.228. The summed E-state index contributed by atoms with van der Waals surface area (Å²) in [5, 5.41) is 2.80. The third-order valence-electron chi connectivity index (χ3n) is 6.53. The average molecular weight is 460 g/mol. The van der Waals surface area contributed by atoms with Crippen LogP contribution in [0.5, 0.6) is 5.75 Å². The van der Waals surface area contributed by atoms with Crippen molar-refractivity contribution in [3.63, 3.8) is 0 Å². The second-order valence-corrected chi connectivity index (χ2v) is 9.40. The number of ether oxygens (including phenoxy) is 2. The van der Waals surface area contributed by atoms with E-state index in [-0.39, 0.29) is 42.4 Å². The maximum Gasteiger partial charge on any atom is 0.257 e. The van der Waals surface area contributed by atoms with Crippen LogP contribution in [0.3, 0.4) is 0 Å². The van der Waals surface area contributed by atoms with Gasteiger partial charge in [0.05, 0.1) is 17.7 Å². The van der Waals surface area contributed by atoms with E-state index in [0.717, 1.165) is 12.8 Å². The molecule has 0 saturated heterocycles. The lowest BCUT2D eigenvalue weighted by Crippen LogP contribution is -2.48. The molecular formula is C25H37N3O5. The van der Waals surface area contributed by atoms with Crippen molar-refractivity contribution in [2.75, 3.05) is 39.2 Å². The predicted octanol–water partition coefficient (Wildman–Crippen LogP) is 3.17. The first-order valence-electron chi connectivity index (χ1n) is 11.9. The Morgan fingerprint density at radius 1 is 1.21 bits per heavy atom. The molecule has 1 aromatic carbocycles. The fourth-order valence-corrected chi connectivity index (χ4v) is 4.14. The molecule has 1 aromatic rings. The number of anilines is 1. The van der Waals surface area contributed by atoms with Crippen molar-refractivity contribution in [1.82, 2.24) is 9.80 Å². The number of hydrogen-bond donors (Lipinski definition) is 1. The van der Waals surface area contributed by atoms with Gasteiger partial charge in [-0.05, 0) is 43.9 Å². The lowest BCUT2D eigenvalue weighted by Gasteiger charge is -2.36. The number of benzene rings is 1. The van der Waals surface area contributed by atoms with E-state index in [1.165, 1.54) is 0 Å². The number of rotatable bonds is 5. The molecule has 0 bridgehead atoms. The summed E-state index contributed by atoms with van der Waals surface area (Å²) in [6, 6.07) is 4.93. The van der Waals surface area contributed by atoms with Crippen LogP contribution in [-0.4, -0.2) is 73.5 Å². The summed E-state index contributed by atoms with van der Waals surface area (Å²) in [4.78, 5) is 41.8. The van der Waals surface area contributed by atoms with E-state index in [0.29, 0.717) is 48.8 Å². The van der Waals surface area contributed by atoms with Gasteiger partial charge in [0.25, 0.3) is 5.91 Å². The summed E-state index contributed by atoms with van der Waals surface area (Å²) in [6.45, 7) is 7.00. The molecule has 0 spiro atoms. The molecule has 3 atom stereocenters. The zero-order chi connectivity index (χ0) is 24.1. The maximum absolute atomic E-state index is 13.3. The molecule has 0 unspecified atom stereocenters. The van der Waals surface area contributed by atoms with Crippen molar-refractivity contribution in [2.45, 2.75) is 58.6 Å². The number of carbonyl (C=O) groups is 3. The number of likely N-dealkylation sites (N-methyl/N-ethyl adjacent to an activating group) is 1. The van der Waals surface area contributed by atoms with E-state index in [1.54, 1.807) is 44.2 Å². The Labute approximate surface area is 196 Å². The van der Waals surface area contributed by atoms with Crippen molar-refractivity contribution in [2.24, 2.45) is 11.8 Å². The molecule has 3 amide bonds. The summed E-state index contributed by atoms with van der Waals surface area (Å²) in [5.41, 5.74) is 0.918. The zero-order valence-corrected chi connectivity index (χ0v) is 20.4. The Balaban J connectivity index is 1.92. The van der Waals surface area contributed by atoms with Gasteiger partial charge in [-0.1, -0.05) is 13.8 Å². The number of carbonyl (C=O) groups excluding carboxylic acids is 3. The van der Waals surface area contributed by atoms with Gasteiger partial charge in [-0.15, -0.1) is 0 Å². The molecule has 0 radical (unpaired) electrons. The van der Waals surface area contributed by atoms with Crippen LogP contribution < -0.4 is 10.1 Å². The largest absolute Gasteiger partial charge is 0.491 e. The molecule has 33 heavy (non-hydrogen) atoms. The standard InChI is InChI=1S/C25H37N3O5/c1-6-23(29)26-19-9-10-21-20(12-19)25(31)27(4)14-22(32-5)16(2)13-28(17(3)15-33-21)24(30)11-18-7-8-18/h9-10,12,16-18,22H,6-8,11,13-15H2,1-5H3,(H,26,29)/t16-,17+,22+/m1/s1. The van der Waals surface area contributed by atoms with Crippen LogP contribution in [0.1, 0.15) is 56.8 Å². The molecule has 2 aliphatic rings. The average Bonchev–Trinajstić information content (AvgIpc) is 3.62. The SMILES string of the molecule is CCC(=O)Nc1ccc2c(c1)C(=O)N(C)C[C@H](OC)[C@H](C)CN(C(=O)CC1CC1)[C@@H](C)CO2. The van der Waals surface area contributed by atoms with Gasteiger partial charge < -0.3 is 24.6 Å². The Hall–Kier alpha value is -2.61. The Morgan fingerprint density at radius 2 is 1.94 bits per heavy atom. The third-order valence-corrected chi connectivity index (χ3v) is 6.53.